The Kier molecular flexibility index (Phi) is 2.93. The minimum atomic E-state index is -1.16. The van der Waals surface area contributed by atoms with Crippen LogP contribution in [0.3, 0.4) is 0 Å². The van der Waals surface area contributed by atoms with Crippen molar-refractivity contribution in [2.45, 2.75) is 0 Å². The fourth-order valence-electron chi connectivity index (χ4n) is 1.57. The molecule has 92 valence electrons. The van der Waals surface area contributed by atoms with Gasteiger partial charge in [-0.1, -0.05) is 12.1 Å². The van der Waals surface area contributed by atoms with E-state index in [0.717, 1.165) is 24.3 Å². The molecule has 0 spiro atoms. The van der Waals surface area contributed by atoms with E-state index in [-0.39, 0.29) is 22.6 Å². The number of hydrogen-bond acceptors (Lipinski definition) is 3. The van der Waals surface area contributed by atoms with Crippen LogP contribution >= 0.6 is 0 Å². The molecule has 2 aromatic rings. The second-order valence-corrected chi connectivity index (χ2v) is 3.56. The van der Waals surface area contributed by atoms with Crippen LogP contribution in [0.4, 0.5) is 14.5 Å². The van der Waals surface area contributed by atoms with Crippen LogP contribution in [0.2, 0.25) is 0 Å². The minimum absolute atomic E-state index is 0.124. The molecule has 0 radical (unpaired) electrons. The molecular weight excluding hydrogens is 244 g/mol. The fraction of sp³-hybridized carbons (Fsp3) is 0. The number of non-ortho nitro benzene ring substituents is 1. The van der Waals surface area contributed by atoms with Crippen molar-refractivity contribution in [1.29, 1.82) is 0 Å². The minimum Gasteiger partial charge on any atom is -0.507 e. The lowest BCUT2D eigenvalue weighted by atomic mass is 10.0. The van der Waals surface area contributed by atoms with Gasteiger partial charge in [-0.3, -0.25) is 10.1 Å². The molecule has 2 aromatic carbocycles. The smallest absolute Gasteiger partial charge is 0.270 e. The van der Waals surface area contributed by atoms with Crippen LogP contribution in [0.5, 0.6) is 5.75 Å². The third kappa shape index (κ3) is 2.00. The van der Waals surface area contributed by atoms with Crippen LogP contribution < -0.4 is 0 Å². The Labute approximate surface area is 100 Å². The molecular formula is C12H7F2NO3. The molecule has 0 aliphatic heterocycles. The van der Waals surface area contributed by atoms with Crippen LogP contribution in [0, 0.1) is 21.7 Å². The van der Waals surface area contributed by atoms with Crippen molar-refractivity contribution in [2.24, 2.45) is 0 Å². The van der Waals surface area contributed by atoms with E-state index in [9.17, 15) is 24.0 Å². The lowest BCUT2D eigenvalue weighted by Crippen LogP contribution is -1.92. The summed E-state index contributed by atoms with van der Waals surface area (Å²) in [7, 11) is 0. The predicted molar refractivity (Wildman–Crippen MR) is 60.1 cm³/mol. The average Bonchev–Trinajstić information content (AvgIpc) is 2.33. The number of nitrogens with zero attached hydrogens (tertiary/aromatic N) is 1. The Balaban J connectivity index is 2.66. The third-order valence-electron chi connectivity index (χ3n) is 2.43. The number of nitro benzene ring substituents is 1. The number of nitro groups is 1. The number of rotatable bonds is 2. The van der Waals surface area contributed by atoms with Crippen molar-refractivity contribution in [2.75, 3.05) is 0 Å². The van der Waals surface area contributed by atoms with Crippen LogP contribution in [0.1, 0.15) is 0 Å². The molecule has 0 saturated carbocycles. The van der Waals surface area contributed by atoms with Gasteiger partial charge in [-0.05, 0) is 12.1 Å². The van der Waals surface area contributed by atoms with Crippen molar-refractivity contribution < 1.29 is 18.8 Å². The maximum Gasteiger partial charge on any atom is 0.270 e. The van der Waals surface area contributed by atoms with Gasteiger partial charge in [-0.2, -0.15) is 0 Å². The van der Waals surface area contributed by atoms with E-state index in [1.54, 1.807) is 0 Å². The Hall–Kier alpha value is -2.50. The van der Waals surface area contributed by atoms with E-state index in [4.69, 9.17) is 0 Å². The second-order valence-electron chi connectivity index (χ2n) is 3.56. The fourth-order valence-corrected chi connectivity index (χ4v) is 1.57. The van der Waals surface area contributed by atoms with Crippen LogP contribution in [0.25, 0.3) is 11.1 Å². The van der Waals surface area contributed by atoms with E-state index in [2.05, 4.69) is 0 Å². The number of aromatic hydroxyl groups is 1. The summed E-state index contributed by atoms with van der Waals surface area (Å²) in [5.41, 5.74) is -0.663. The van der Waals surface area contributed by atoms with Crippen LogP contribution in [0.15, 0.2) is 36.4 Å². The predicted octanol–water partition coefficient (Wildman–Crippen LogP) is 3.25. The summed E-state index contributed by atoms with van der Waals surface area (Å²) in [6.45, 7) is 0. The molecule has 0 aliphatic rings. The van der Waals surface area contributed by atoms with Crippen molar-refractivity contribution in [3.63, 3.8) is 0 Å². The van der Waals surface area contributed by atoms with E-state index in [1.807, 2.05) is 0 Å². The third-order valence-corrected chi connectivity index (χ3v) is 2.43. The number of halogens is 2. The maximum absolute atomic E-state index is 13.5. The van der Waals surface area contributed by atoms with Gasteiger partial charge >= 0.3 is 0 Å². The summed E-state index contributed by atoms with van der Waals surface area (Å²) in [6, 6.07) is 6.55. The highest BCUT2D eigenvalue weighted by Crippen LogP contribution is 2.34. The van der Waals surface area contributed by atoms with Gasteiger partial charge in [-0.25, -0.2) is 8.78 Å². The molecule has 1 N–H and O–H groups in total. The second kappa shape index (κ2) is 4.40. The lowest BCUT2D eigenvalue weighted by Gasteiger charge is -2.06. The first-order valence-corrected chi connectivity index (χ1v) is 4.92. The number of hydrogen-bond donors (Lipinski definition) is 1. The number of benzene rings is 2. The van der Waals surface area contributed by atoms with Crippen molar-refractivity contribution in [1.82, 2.24) is 0 Å². The highest BCUT2D eigenvalue weighted by Gasteiger charge is 2.16. The first kappa shape index (κ1) is 12.0. The molecule has 0 unspecified atom stereocenters. The summed E-state index contributed by atoms with van der Waals surface area (Å²) < 4.78 is 26.6. The monoisotopic (exact) mass is 251 g/mol. The van der Waals surface area contributed by atoms with Gasteiger partial charge in [0, 0.05) is 23.3 Å². The standard InChI is InChI=1S/C12H7F2NO3/c13-10-3-1-2-8(12(10)14)9-6-7(15(17)18)4-5-11(9)16/h1-6,16H. The van der Waals surface area contributed by atoms with Crippen LogP contribution in [-0.2, 0) is 0 Å². The maximum atomic E-state index is 13.5. The first-order chi connectivity index (χ1) is 8.50. The Bertz CT molecular complexity index is 629. The van der Waals surface area contributed by atoms with Gasteiger partial charge in [0.05, 0.1) is 4.92 Å². The zero-order chi connectivity index (χ0) is 13.3. The molecule has 0 saturated heterocycles. The van der Waals surface area contributed by atoms with E-state index in [1.165, 1.54) is 12.1 Å². The molecule has 0 aromatic heterocycles. The molecule has 0 amide bonds. The van der Waals surface area contributed by atoms with Gasteiger partial charge in [0.1, 0.15) is 5.75 Å². The van der Waals surface area contributed by atoms with Gasteiger partial charge < -0.3 is 5.11 Å². The van der Waals surface area contributed by atoms with Crippen LogP contribution in [-0.4, -0.2) is 10.0 Å². The summed E-state index contributed by atoms with van der Waals surface area (Å²) in [5.74, 6) is -2.60. The van der Waals surface area contributed by atoms with Gasteiger partial charge in [0.2, 0.25) is 0 Å². The lowest BCUT2D eigenvalue weighted by molar-refractivity contribution is -0.384. The molecule has 0 atom stereocenters. The Morgan fingerprint density at radius 1 is 1.11 bits per heavy atom. The molecule has 0 fully saturated rings. The zero-order valence-corrected chi connectivity index (χ0v) is 8.93. The molecule has 4 nitrogen and oxygen atoms in total. The molecule has 0 bridgehead atoms. The number of phenols is 1. The highest BCUT2D eigenvalue weighted by atomic mass is 19.2. The summed E-state index contributed by atoms with van der Waals surface area (Å²) in [6.07, 6.45) is 0. The largest absolute Gasteiger partial charge is 0.507 e. The summed E-state index contributed by atoms with van der Waals surface area (Å²) in [4.78, 5) is 9.92. The normalized spacial score (nSPS) is 10.3. The highest BCUT2D eigenvalue weighted by molar-refractivity contribution is 5.73. The Morgan fingerprint density at radius 2 is 1.83 bits per heavy atom. The SMILES string of the molecule is O=[N+]([O-])c1ccc(O)c(-c2cccc(F)c2F)c1. The van der Waals surface area contributed by atoms with E-state index >= 15 is 0 Å². The molecule has 18 heavy (non-hydrogen) atoms. The van der Waals surface area contributed by atoms with Gasteiger partial charge in [-0.15, -0.1) is 0 Å². The van der Waals surface area contributed by atoms with Gasteiger partial charge in [0.15, 0.2) is 11.6 Å². The number of phenolic OH excluding ortho intramolecular Hbond substituents is 1. The van der Waals surface area contributed by atoms with Crippen molar-refractivity contribution in [3.8, 4) is 16.9 Å². The van der Waals surface area contributed by atoms with Crippen molar-refractivity contribution >= 4 is 5.69 Å². The van der Waals surface area contributed by atoms with Gasteiger partial charge in [0.25, 0.3) is 5.69 Å². The molecule has 0 aliphatic carbocycles. The van der Waals surface area contributed by atoms with E-state index < -0.39 is 16.6 Å². The van der Waals surface area contributed by atoms with E-state index in [0.29, 0.717) is 0 Å². The Morgan fingerprint density at radius 3 is 2.50 bits per heavy atom. The summed E-state index contributed by atoms with van der Waals surface area (Å²) in [5, 5.41) is 20.2. The zero-order valence-electron chi connectivity index (χ0n) is 8.93. The quantitative estimate of drug-likeness (QED) is 0.658. The topological polar surface area (TPSA) is 63.4 Å². The molecule has 2 rings (SSSR count). The molecule has 0 heterocycles. The molecule has 6 heteroatoms. The first-order valence-electron chi connectivity index (χ1n) is 4.92. The summed E-state index contributed by atoms with van der Waals surface area (Å²) >= 11 is 0. The average molecular weight is 251 g/mol. The van der Waals surface area contributed by atoms with Crippen molar-refractivity contribution in [3.05, 3.63) is 58.1 Å².